The van der Waals surface area contributed by atoms with Crippen LogP contribution in [0.2, 0.25) is 10.0 Å². The van der Waals surface area contributed by atoms with Crippen molar-refractivity contribution in [3.63, 3.8) is 0 Å². The lowest BCUT2D eigenvalue weighted by Crippen LogP contribution is -2.51. The second kappa shape index (κ2) is 13.6. The van der Waals surface area contributed by atoms with Crippen LogP contribution in [0.4, 0.5) is 0 Å². The first-order valence-corrected chi connectivity index (χ1v) is 13.5. The number of carbonyl (C=O) groups excluding carboxylic acids is 2. The fourth-order valence-electron chi connectivity index (χ4n) is 3.82. The van der Waals surface area contributed by atoms with Crippen LogP contribution in [0.3, 0.4) is 0 Å². The normalized spacial score (nSPS) is 11.7. The number of hydrogen-bond acceptors (Lipinski definition) is 3. The van der Waals surface area contributed by atoms with Gasteiger partial charge in [0.25, 0.3) is 0 Å². The Kier molecular flexibility index (Phi) is 10.5. The smallest absolute Gasteiger partial charge is 0.243 e. The summed E-state index contributed by atoms with van der Waals surface area (Å²) >= 11 is 13.9. The first-order chi connectivity index (χ1) is 16.9. The van der Waals surface area contributed by atoms with Crippen molar-refractivity contribution in [1.82, 2.24) is 10.2 Å². The van der Waals surface area contributed by atoms with E-state index in [4.69, 9.17) is 23.2 Å². The third-order valence-electron chi connectivity index (χ3n) is 5.54. The molecule has 7 heteroatoms. The van der Waals surface area contributed by atoms with Gasteiger partial charge in [-0.25, -0.2) is 0 Å². The van der Waals surface area contributed by atoms with Gasteiger partial charge < -0.3 is 10.2 Å². The van der Waals surface area contributed by atoms with Gasteiger partial charge in [-0.15, -0.1) is 11.8 Å². The third-order valence-corrected chi connectivity index (χ3v) is 7.26. The molecule has 0 radical (unpaired) electrons. The highest BCUT2D eigenvalue weighted by molar-refractivity contribution is 7.99. The van der Waals surface area contributed by atoms with Gasteiger partial charge in [-0.2, -0.15) is 0 Å². The van der Waals surface area contributed by atoms with Gasteiger partial charge in [0.1, 0.15) is 6.04 Å². The van der Waals surface area contributed by atoms with E-state index in [0.717, 1.165) is 16.9 Å². The Morgan fingerprint density at radius 3 is 2.34 bits per heavy atom. The predicted molar refractivity (Wildman–Crippen MR) is 147 cm³/mol. The summed E-state index contributed by atoms with van der Waals surface area (Å²) in [6.07, 6.45) is 0.419. The van der Waals surface area contributed by atoms with Gasteiger partial charge in [-0.05, 0) is 42.7 Å². The highest BCUT2D eigenvalue weighted by Gasteiger charge is 2.30. The lowest BCUT2D eigenvalue weighted by atomic mass is 10.0. The number of carbonyl (C=O) groups is 2. The van der Waals surface area contributed by atoms with Crippen molar-refractivity contribution < 1.29 is 9.59 Å². The van der Waals surface area contributed by atoms with Crippen molar-refractivity contribution in [1.29, 1.82) is 0 Å². The summed E-state index contributed by atoms with van der Waals surface area (Å²) < 4.78 is 0. The first-order valence-electron chi connectivity index (χ1n) is 11.6. The van der Waals surface area contributed by atoms with E-state index in [2.05, 4.69) is 30.4 Å². The number of rotatable bonds is 11. The van der Waals surface area contributed by atoms with Crippen LogP contribution in [0.25, 0.3) is 0 Å². The summed E-state index contributed by atoms with van der Waals surface area (Å²) in [6, 6.07) is 22.7. The molecule has 2 amide bonds. The van der Waals surface area contributed by atoms with Gasteiger partial charge >= 0.3 is 0 Å². The van der Waals surface area contributed by atoms with Crippen LogP contribution in [-0.4, -0.2) is 35.1 Å². The molecule has 0 fully saturated rings. The van der Waals surface area contributed by atoms with Crippen molar-refractivity contribution in [2.24, 2.45) is 0 Å². The maximum absolute atomic E-state index is 13.6. The van der Waals surface area contributed by atoms with E-state index in [0.29, 0.717) is 23.0 Å². The molecule has 3 aromatic rings. The summed E-state index contributed by atoms with van der Waals surface area (Å²) in [6.45, 7) is 4.68. The molecule has 3 aromatic carbocycles. The Morgan fingerprint density at radius 1 is 0.914 bits per heavy atom. The SMILES string of the molecule is CCNC(=O)C(Cc1ccccc1)N(Cc1ccc(Cl)c(Cl)c1)C(=O)CSCc1cccc(C)c1. The number of amides is 2. The molecule has 3 rings (SSSR count). The van der Waals surface area contributed by atoms with Crippen LogP contribution in [0.5, 0.6) is 0 Å². The van der Waals surface area contributed by atoms with Crippen LogP contribution >= 0.6 is 35.0 Å². The molecule has 0 aliphatic heterocycles. The van der Waals surface area contributed by atoms with Gasteiger partial charge in [0.15, 0.2) is 0 Å². The summed E-state index contributed by atoms with van der Waals surface area (Å²) in [5.74, 6) is 0.716. The number of aryl methyl sites for hydroxylation is 1. The topological polar surface area (TPSA) is 49.4 Å². The minimum atomic E-state index is -0.654. The monoisotopic (exact) mass is 528 g/mol. The number of halogens is 2. The maximum Gasteiger partial charge on any atom is 0.243 e. The van der Waals surface area contributed by atoms with Crippen molar-refractivity contribution in [3.05, 3.63) is 105 Å². The fourth-order valence-corrected chi connectivity index (χ4v) is 5.00. The number of thioether (sulfide) groups is 1. The molecule has 4 nitrogen and oxygen atoms in total. The highest BCUT2D eigenvalue weighted by atomic mass is 35.5. The van der Waals surface area contributed by atoms with Crippen molar-refractivity contribution in [2.75, 3.05) is 12.3 Å². The molecule has 1 unspecified atom stereocenters. The van der Waals surface area contributed by atoms with Crippen LogP contribution in [-0.2, 0) is 28.3 Å². The summed E-state index contributed by atoms with van der Waals surface area (Å²) in [7, 11) is 0. The predicted octanol–water partition coefficient (Wildman–Crippen LogP) is 6.31. The molecule has 0 heterocycles. The third kappa shape index (κ3) is 8.31. The summed E-state index contributed by atoms with van der Waals surface area (Å²) in [5.41, 5.74) is 4.17. The zero-order valence-electron chi connectivity index (χ0n) is 20.0. The average molecular weight is 530 g/mol. The van der Waals surface area contributed by atoms with E-state index in [-0.39, 0.29) is 24.1 Å². The van der Waals surface area contributed by atoms with E-state index in [9.17, 15) is 9.59 Å². The zero-order valence-corrected chi connectivity index (χ0v) is 22.3. The number of nitrogens with zero attached hydrogens (tertiary/aromatic N) is 1. The van der Waals surface area contributed by atoms with Crippen molar-refractivity contribution in [2.45, 2.75) is 38.6 Å². The molecule has 0 saturated heterocycles. The van der Waals surface area contributed by atoms with E-state index in [1.54, 1.807) is 28.8 Å². The van der Waals surface area contributed by atoms with Gasteiger partial charge in [0.2, 0.25) is 11.8 Å². The van der Waals surface area contributed by atoms with Crippen molar-refractivity contribution >= 4 is 46.8 Å². The molecule has 0 saturated carbocycles. The van der Waals surface area contributed by atoms with E-state index < -0.39 is 6.04 Å². The van der Waals surface area contributed by atoms with Gasteiger partial charge in [0.05, 0.1) is 15.8 Å². The second-order valence-corrected chi connectivity index (χ2v) is 10.2. The van der Waals surface area contributed by atoms with Crippen LogP contribution in [0, 0.1) is 6.92 Å². The molecule has 0 aromatic heterocycles. The summed E-state index contributed by atoms with van der Waals surface area (Å²) in [4.78, 5) is 28.4. The standard InChI is InChI=1S/C28H30Cl2N2O2S/c1-3-31-28(34)26(16-21-9-5-4-6-10-21)32(17-22-12-13-24(29)25(30)15-22)27(33)19-35-18-23-11-7-8-20(2)14-23/h4-15,26H,3,16-19H2,1-2H3,(H,31,34). The molecule has 0 aliphatic carbocycles. The maximum atomic E-state index is 13.6. The van der Waals surface area contributed by atoms with Crippen molar-refractivity contribution in [3.8, 4) is 0 Å². The Bertz CT molecular complexity index is 1140. The molecular weight excluding hydrogens is 499 g/mol. The lowest BCUT2D eigenvalue weighted by Gasteiger charge is -2.31. The Hall–Kier alpha value is -2.47. The molecule has 1 atom stereocenters. The van der Waals surface area contributed by atoms with Gasteiger partial charge in [0, 0.05) is 25.3 Å². The molecule has 0 bridgehead atoms. The molecule has 0 aliphatic rings. The number of likely N-dealkylation sites (N-methyl/N-ethyl adjacent to an activating group) is 1. The number of nitrogens with one attached hydrogen (secondary N) is 1. The minimum Gasteiger partial charge on any atom is -0.355 e. The summed E-state index contributed by atoms with van der Waals surface area (Å²) in [5, 5.41) is 3.78. The lowest BCUT2D eigenvalue weighted by molar-refractivity contribution is -0.139. The first kappa shape index (κ1) is 27.1. The highest BCUT2D eigenvalue weighted by Crippen LogP contribution is 2.25. The number of benzene rings is 3. The largest absolute Gasteiger partial charge is 0.355 e. The van der Waals surface area contributed by atoms with E-state index in [1.807, 2.05) is 49.4 Å². The Morgan fingerprint density at radius 2 is 1.66 bits per heavy atom. The van der Waals surface area contributed by atoms with Crippen LogP contribution < -0.4 is 5.32 Å². The average Bonchev–Trinajstić information content (AvgIpc) is 2.84. The second-order valence-electron chi connectivity index (χ2n) is 8.35. The minimum absolute atomic E-state index is 0.0964. The van der Waals surface area contributed by atoms with Crippen LogP contribution in [0.15, 0.2) is 72.8 Å². The quantitative estimate of drug-likeness (QED) is 0.317. The van der Waals surface area contributed by atoms with Gasteiger partial charge in [-0.3, -0.25) is 9.59 Å². The molecule has 184 valence electrons. The molecule has 1 N–H and O–H groups in total. The molecule has 35 heavy (non-hydrogen) atoms. The molecular formula is C28H30Cl2N2O2S. The Labute approximate surface area is 222 Å². The van der Waals surface area contributed by atoms with Gasteiger partial charge in [-0.1, -0.05) is 89.4 Å². The fraction of sp³-hybridized carbons (Fsp3) is 0.286. The number of hydrogen-bond donors (Lipinski definition) is 1. The Balaban J connectivity index is 1.84. The zero-order chi connectivity index (χ0) is 25.2. The molecule has 0 spiro atoms. The van der Waals surface area contributed by atoms with E-state index in [1.165, 1.54) is 11.1 Å². The van der Waals surface area contributed by atoms with Crippen LogP contribution in [0.1, 0.15) is 29.2 Å². The van der Waals surface area contributed by atoms with E-state index >= 15 is 0 Å².